The first-order valence-electron chi connectivity index (χ1n) is 4.87. The molecule has 1 aromatic carbocycles. The molecule has 3 heteroatoms. The van der Waals surface area contributed by atoms with E-state index in [-0.39, 0.29) is 0 Å². The van der Waals surface area contributed by atoms with Gasteiger partial charge in [0.05, 0.1) is 0 Å². The second-order valence-electron chi connectivity index (χ2n) is 4.09. The van der Waals surface area contributed by atoms with Gasteiger partial charge >= 0.3 is 5.97 Å². The van der Waals surface area contributed by atoms with E-state index in [1.165, 1.54) is 0 Å². The topological polar surface area (TPSA) is 40.5 Å². The first-order valence-corrected chi connectivity index (χ1v) is 4.87. The quantitative estimate of drug-likeness (QED) is 0.822. The number of carboxylic acid groups (broad SMARTS) is 1. The minimum atomic E-state index is -0.967. The molecule has 0 heterocycles. The summed E-state index contributed by atoms with van der Waals surface area (Å²) in [5.41, 5.74) is 0.865. The number of benzene rings is 1. The lowest BCUT2D eigenvalue weighted by atomic mass is 9.87. The Labute approximate surface area is 90.3 Å². The molecular formula is C12H17NO2. The van der Waals surface area contributed by atoms with Crippen LogP contribution in [0.3, 0.4) is 0 Å². The van der Waals surface area contributed by atoms with Crippen molar-refractivity contribution < 1.29 is 9.90 Å². The summed E-state index contributed by atoms with van der Waals surface area (Å²) < 4.78 is 0. The number of carboxylic acids is 1. The van der Waals surface area contributed by atoms with Crippen molar-refractivity contribution in [2.45, 2.75) is 19.4 Å². The van der Waals surface area contributed by atoms with Crippen LogP contribution in [0.4, 0.5) is 0 Å². The SMILES string of the molecule is Cc1ccccc1C(C)(C(=O)O)N(C)C. The minimum Gasteiger partial charge on any atom is -0.480 e. The number of nitrogens with zero attached hydrogens (tertiary/aromatic N) is 1. The third kappa shape index (κ3) is 1.88. The number of aliphatic carboxylic acids is 1. The molecule has 0 aliphatic rings. The van der Waals surface area contributed by atoms with E-state index in [0.29, 0.717) is 0 Å². The van der Waals surface area contributed by atoms with Crippen molar-refractivity contribution in [3.63, 3.8) is 0 Å². The van der Waals surface area contributed by atoms with Gasteiger partial charge in [0.2, 0.25) is 0 Å². The standard InChI is InChI=1S/C12H17NO2/c1-9-7-5-6-8-10(9)12(2,11(14)15)13(3)4/h5-8H,1-4H3,(H,14,15). The molecule has 1 unspecified atom stereocenters. The second-order valence-corrected chi connectivity index (χ2v) is 4.09. The third-order valence-corrected chi connectivity index (χ3v) is 2.98. The molecule has 0 fully saturated rings. The van der Waals surface area contributed by atoms with Crippen LogP contribution in [0.1, 0.15) is 18.1 Å². The molecule has 0 saturated heterocycles. The van der Waals surface area contributed by atoms with Crippen LogP contribution >= 0.6 is 0 Å². The van der Waals surface area contributed by atoms with Gasteiger partial charge in [-0.05, 0) is 39.1 Å². The van der Waals surface area contributed by atoms with E-state index in [2.05, 4.69) is 0 Å². The summed E-state index contributed by atoms with van der Waals surface area (Å²) in [5.74, 6) is -0.832. The Hall–Kier alpha value is -1.35. The molecule has 0 bridgehead atoms. The zero-order chi connectivity index (χ0) is 11.6. The fourth-order valence-electron chi connectivity index (χ4n) is 1.67. The van der Waals surface area contributed by atoms with Gasteiger partial charge in [-0.1, -0.05) is 24.3 Å². The van der Waals surface area contributed by atoms with Gasteiger partial charge in [-0.3, -0.25) is 4.90 Å². The van der Waals surface area contributed by atoms with E-state index in [1.807, 2.05) is 31.2 Å². The summed E-state index contributed by atoms with van der Waals surface area (Å²) in [6, 6.07) is 7.58. The summed E-state index contributed by atoms with van der Waals surface area (Å²) in [4.78, 5) is 13.1. The number of hydrogen-bond donors (Lipinski definition) is 1. The van der Waals surface area contributed by atoms with Crippen LogP contribution in [0.5, 0.6) is 0 Å². The van der Waals surface area contributed by atoms with E-state index in [0.717, 1.165) is 11.1 Å². The van der Waals surface area contributed by atoms with E-state index in [1.54, 1.807) is 25.9 Å². The Morgan fingerprint density at radius 3 is 2.27 bits per heavy atom. The molecule has 0 radical (unpaired) electrons. The van der Waals surface area contributed by atoms with Gasteiger partial charge in [-0.15, -0.1) is 0 Å². The van der Waals surface area contributed by atoms with Crippen LogP contribution in [-0.4, -0.2) is 30.1 Å². The van der Waals surface area contributed by atoms with Crippen LogP contribution in [0, 0.1) is 6.92 Å². The summed E-state index contributed by atoms with van der Waals surface area (Å²) in [5, 5.41) is 9.34. The summed E-state index contributed by atoms with van der Waals surface area (Å²) in [6.07, 6.45) is 0. The summed E-state index contributed by atoms with van der Waals surface area (Å²) in [7, 11) is 3.56. The Kier molecular flexibility index (Phi) is 3.15. The lowest BCUT2D eigenvalue weighted by molar-refractivity contribution is -0.149. The number of carbonyl (C=O) groups is 1. The van der Waals surface area contributed by atoms with Crippen LogP contribution in [0.15, 0.2) is 24.3 Å². The highest BCUT2D eigenvalue weighted by molar-refractivity contribution is 5.80. The van der Waals surface area contributed by atoms with E-state index in [9.17, 15) is 9.90 Å². The fourth-order valence-corrected chi connectivity index (χ4v) is 1.67. The van der Waals surface area contributed by atoms with Gasteiger partial charge < -0.3 is 5.11 Å². The molecule has 0 aliphatic carbocycles. The largest absolute Gasteiger partial charge is 0.480 e. The van der Waals surface area contributed by atoms with Gasteiger partial charge in [0.15, 0.2) is 0 Å². The van der Waals surface area contributed by atoms with Gasteiger partial charge in [-0.2, -0.15) is 0 Å². The van der Waals surface area contributed by atoms with Crippen molar-refractivity contribution in [3.8, 4) is 0 Å². The summed E-state index contributed by atoms with van der Waals surface area (Å²) in [6.45, 7) is 3.65. The van der Waals surface area contributed by atoms with E-state index in [4.69, 9.17) is 0 Å². The average Bonchev–Trinajstić information content (AvgIpc) is 2.16. The Morgan fingerprint density at radius 2 is 1.87 bits per heavy atom. The molecule has 0 spiro atoms. The smallest absolute Gasteiger partial charge is 0.328 e. The highest BCUT2D eigenvalue weighted by Crippen LogP contribution is 2.28. The van der Waals surface area contributed by atoms with E-state index < -0.39 is 11.5 Å². The van der Waals surface area contributed by atoms with Crippen LogP contribution in [0.25, 0.3) is 0 Å². The molecule has 1 N–H and O–H groups in total. The predicted octanol–water partition coefficient (Wildman–Crippen LogP) is 1.86. The normalized spacial score (nSPS) is 15.0. The highest BCUT2D eigenvalue weighted by atomic mass is 16.4. The number of aryl methyl sites for hydroxylation is 1. The predicted molar refractivity (Wildman–Crippen MR) is 59.9 cm³/mol. The second kappa shape index (κ2) is 4.03. The average molecular weight is 207 g/mol. The Balaban J connectivity index is 3.34. The molecule has 1 rings (SSSR count). The number of likely N-dealkylation sites (N-methyl/N-ethyl adjacent to an activating group) is 1. The van der Waals surface area contributed by atoms with Gasteiger partial charge in [0.25, 0.3) is 0 Å². The zero-order valence-corrected chi connectivity index (χ0v) is 9.61. The zero-order valence-electron chi connectivity index (χ0n) is 9.61. The molecule has 0 saturated carbocycles. The first kappa shape index (κ1) is 11.7. The van der Waals surface area contributed by atoms with Crippen molar-refractivity contribution in [2.24, 2.45) is 0 Å². The molecule has 0 aromatic heterocycles. The number of hydrogen-bond acceptors (Lipinski definition) is 2. The Bertz CT molecular complexity index is 374. The fraction of sp³-hybridized carbons (Fsp3) is 0.417. The van der Waals surface area contributed by atoms with Gasteiger partial charge in [0.1, 0.15) is 5.54 Å². The lowest BCUT2D eigenvalue weighted by Crippen LogP contribution is -2.46. The molecule has 15 heavy (non-hydrogen) atoms. The molecule has 82 valence electrons. The monoisotopic (exact) mass is 207 g/mol. The molecule has 0 amide bonds. The molecule has 1 aromatic rings. The van der Waals surface area contributed by atoms with E-state index >= 15 is 0 Å². The first-order chi connectivity index (χ1) is 6.90. The van der Waals surface area contributed by atoms with Crippen molar-refractivity contribution in [3.05, 3.63) is 35.4 Å². The van der Waals surface area contributed by atoms with Crippen LogP contribution in [0.2, 0.25) is 0 Å². The van der Waals surface area contributed by atoms with Crippen molar-refractivity contribution in [1.82, 2.24) is 4.90 Å². The van der Waals surface area contributed by atoms with Crippen LogP contribution < -0.4 is 0 Å². The number of rotatable bonds is 3. The lowest BCUT2D eigenvalue weighted by Gasteiger charge is -2.33. The molecule has 3 nitrogen and oxygen atoms in total. The van der Waals surface area contributed by atoms with Gasteiger partial charge in [-0.25, -0.2) is 4.79 Å². The maximum Gasteiger partial charge on any atom is 0.328 e. The summed E-state index contributed by atoms with van der Waals surface area (Å²) >= 11 is 0. The van der Waals surface area contributed by atoms with Crippen LogP contribution in [-0.2, 0) is 10.3 Å². The van der Waals surface area contributed by atoms with Gasteiger partial charge in [0, 0.05) is 0 Å². The van der Waals surface area contributed by atoms with Crippen molar-refractivity contribution in [2.75, 3.05) is 14.1 Å². The van der Waals surface area contributed by atoms with Crippen molar-refractivity contribution >= 4 is 5.97 Å². The van der Waals surface area contributed by atoms with Crippen molar-refractivity contribution in [1.29, 1.82) is 0 Å². The molecule has 1 atom stereocenters. The molecule has 0 aliphatic heterocycles. The minimum absolute atomic E-state index is 0.832. The maximum absolute atomic E-state index is 11.4. The maximum atomic E-state index is 11.4. The Morgan fingerprint density at radius 1 is 1.33 bits per heavy atom. The molecular weight excluding hydrogens is 190 g/mol. The highest BCUT2D eigenvalue weighted by Gasteiger charge is 2.38. The third-order valence-electron chi connectivity index (χ3n) is 2.98.